The molecular weight excluding hydrogens is 330 g/mol. The van der Waals surface area contributed by atoms with Crippen molar-refractivity contribution in [3.05, 3.63) is 38.3 Å². The molecule has 0 radical (unpaired) electrons. The quantitative estimate of drug-likeness (QED) is 0.328. The van der Waals surface area contributed by atoms with Crippen LogP contribution in [0.2, 0.25) is 0 Å². The van der Waals surface area contributed by atoms with Gasteiger partial charge in [0, 0.05) is 12.7 Å². The number of carbonyl (C=O) groups excluding carboxylic acids is 1. The Hall–Kier alpha value is -1.47. The van der Waals surface area contributed by atoms with Crippen LogP contribution in [0.3, 0.4) is 0 Å². The third kappa shape index (κ3) is 4.90. The normalized spacial score (nSPS) is 10.6. The van der Waals surface area contributed by atoms with E-state index >= 15 is 0 Å². The second-order valence-corrected chi connectivity index (χ2v) is 5.29. The number of esters is 1. The summed E-state index contributed by atoms with van der Waals surface area (Å²) in [7, 11) is 0. The summed E-state index contributed by atoms with van der Waals surface area (Å²) in [5, 5.41) is 10.8. The molecule has 1 aromatic carbocycles. The molecule has 1 rings (SSSR count). The summed E-state index contributed by atoms with van der Waals surface area (Å²) in [6.45, 7) is 5.05. The van der Waals surface area contributed by atoms with Crippen molar-refractivity contribution < 1.29 is 19.2 Å². The van der Waals surface area contributed by atoms with E-state index in [4.69, 9.17) is 9.47 Å². The molecule has 110 valence electrons. The van der Waals surface area contributed by atoms with Crippen LogP contribution >= 0.6 is 15.9 Å². The number of nitro benzene ring substituents is 1. The summed E-state index contributed by atoms with van der Waals surface area (Å²) in [6.07, 6.45) is 0. The highest BCUT2D eigenvalue weighted by Crippen LogP contribution is 2.28. The standard InChI is InChI=1S/C13H16BrNO5/c1-9(2)8-19-6-7-20-13(16)10-4-3-5-11(12(10)14)15(17)18/h3-5,9H,6-8H2,1-2H3. The molecule has 0 aliphatic rings. The van der Waals surface area contributed by atoms with Gasteiger partial charge in [-0.3, -0.25) is 10.1 Å². The van der Waals surface area contributed by atoms with E-state index in [1.54, 1.807) is 0 Å². The predicted molar refractivity (Wildman–Crippen MR) is 76.7 cm³/mol. The van der Waals surface area contributed by atoms with Gasteiger partial charge in [0.25, 0.3) is 5.69 Å². The number of halogens is 1. The molecule has 0 unspecified atom stereocenters. The van der Waals surface area contributed by atoms with Crippen LogP contribution < -0.4 is 0 Å². The summed E-state index contributed by atoms with van der Waals surface area (Å²) in [5.74, 6) is -0.203. The first-order valence-corrected chi connectivity index (χ1v) is 6.90. The van der Waals surface area contributed by atoms with Crippen molar-refractivity contribution in [3.8, 4) is 0 Å². The molecule has 20 heavy (non-hydrogen) atoms. The Kier molecular flexibility index (Phi) is 6.60. The number of benzene rings is 1. The Morgan fingerprint density at radius 1 is 1.40 bits per heavy atom. The van der Waals surface area contributed by atoms with Crippen LogP contribution in [0, 0.1) is 16.0 Å². The second-order valence-electron chi connectivity index (χ2n) is 4.50. The Balaban J connectivity index is 2.56. The molecule has 0 aliphatic carbocycles. The zero-order chi connectivity index (χ0) is 15.1. The number of hydrogen-bond donors (Lipinski definition) is 0. The molecule has 6 nitrogen and oxygen atoms in total. The van der Waals surface area contributed by atoms with Gasteiger partial charge < -0.3 is 9.47 Å². The zero-order valence-electron chi connectivity index (χ0n) is 11.3. The minimum absolute atomic E-state index is 0.112. The number of hydrogen-bond acceptors (Lipinski definition) is 5. The van der Waals surface area contributed by atoms with Crippen molar-refractivity contribution in [3.63, 3.8) is 0 Å². The highest BCUT2D eigenvalue weighted by molar-refractivity contribution is 9.10. The number of ether oxygens (including phenoxy) is 2. The molecule has 0 saturated carbocycles. The van der Waals surface area contributed by atoms with Crippen molar-refractivity contribution in [1.82, 2.24) is 0 Å². The van der Waals surface area contributed by atoms with Gasteiger partial charge in [0.1, 0.15) is 11.1 Å². The summed E-state index contributed by atoms with van der Waals surface area (Å²) in [5.41, 5.74) is -0.0430. The molecule has 0 aromatic heterocycles. The number of nitro groups is 1. The third-order valence-electron chi connectivity index (χ3n) is 2.31. The molecule has 0 bridgehead atoms. The summed E-state index contributed by atoms with van der Waals surface area (Å²) in [4.78, 5) is 22.0. The molecular formula is C13H16BrNO5. The topological polar surface area (TPSA) is 78.7 Å². The van der Waals surface area contributed by atoms with E-state index in [-0.39, 0.29) is 22.3 Å². The zero-order valence-corrected chi connectivity index (χ0v) is 12.9. The lowest BCUT2D eigenvalue weighted by molar-refractivity contribution is -0.385. The van der Waals surface area contributed by atoms with Gasteiger partial charge in [-0.25, -0.2) is 4.79 Å². The van der Waals surface area contributed by atoms with Crippen molar-refractivity contribution in [2.24, 2.45) is 5.92 Å². The van der Waals surface area contributed by atoms with E-state index in [1.165, 1.54) is 18.2 Å². The maximum absolute atomic E-state index is 11.8. The lowest BCUT2D eigenvalue weighted by atomic mass is 10.2. The van der Waals surface area contributed by atoms with Gasteiger partial charge in [-0.1, -0.05) is 19.9 Å². The van der Waals surface area contributed by atoms with Crippen LogP contribution in [0.4, 0.5) is 5.69 Å². The van der Waals surface area contributed by atoms with E-state index in [1.807, 2.05) is 13.8 Å². The highest BCUT2D eigenvalue weighted by Gasteiger charge is 2.20. The molecule has 0 atom stereocenters. The van der Waals surface area contributed by atoms with Gasteiger partial charge in [-0.15, -0.1) is 0 Å². The molecule has 0 aliphatic heterocycles. The van der Waals surface area contributed by atoms with E-state index in [2.05, 4.69) is 15.9 Å². The molecule has 0 saturated heterocycles. The van der Waals surface area contributed by atoms with E-state index in [9.17, 15) is 14.9 Å². The monoisotopic (exact) mass is 345 g/mol. The number of nitrogens with zero attached hydrogens (tertiary/aromatic N) is 1. The second kappa shape index (κ2) is 7.96. The summed E-state index contributed by atoms with van der Waals surface area (Å²) < 4.78 is 10.4. The number of carbonyl (C=O) groups is 1. The average molecular weight is 346 g/mol. The van der Waals surface area contributed by atoms with Crippen LogP contribution in [0.1, 0.15) is 24.2 Å². The molecule has 7 heteroatoms. The van der Waals surface area contributed by atoms with Crippen LogP contribution in [0.25, 0.3) is 0 Å². The average Bonchev–Trinajstić information content (AvgIpc) is 2.37. The molecule has 1 aromatic rings. The minimum atomic E-state index is -0.617. The van der Waals surface area contributed by atoms with Gasteiger partial charge >= 0.3 is 5.97 Å². The third-order valence-corrected chi connectivity index (χ3v) is 3.14. The Bertz CT molecular complexity index is 490. The fourth-order valence-corrected chi connectivity index (χ4v) is 1.98. The van der Waals surface area contributed by atoms with Gasteiger partial charge in [0.15, 0.2) is 0 Å². The van der Waals surface area contributed by atoms with Gasteiger partial charge in [0.2, 0.25) is 0 Å². The minimum Gasteiger partial charge on any atom is -0.460 e. The van der Waals surface area contributed by atoms with Gasteiger partial charge in [0.05, 0.1) is 17.1 Å². The summed E-state index contributed by atoms with van der Waals surface area (Å²) in [6, 6.07) is 4.22. The first-order chi connectivity index (χ1) is 9.43. The fourth-order valence-electron chi connectivity index (χ4n) is 1.41. The van der Waals surface area contributed by atoms with Gasteiger partial charge in [-0.2, -0.15) is 0 Å². The lowest BCUT2D eigenvalue weighted by Gasteiger charge is -2.08. The highest BCUT2D eigenvalue weighted by atomic mass is 79.9. The lowest BCUT2D eigenvalue weighted by Crippen LogP contribution is -2.13. The Labute approximate surface area is 125 Å². The predicted octanol–water partition coefficient (Wildman–Crippen LogP) is 3.19. The maximum Gasteiger partial charge on any atom is 0.339 e. The summed E-state index contributed by atoms with van der Waals surface area (Å²) >= 11 is 3.05. The first kappa shape index (κ1) is 16.6. The fraction of sp³-hybridized carbons (Fsp3) is 0.462. The molecule has 0 heterocycles. The maximum atomic E-state index is 11.8. The van der Waals surface area contributed by atoms with Crippen LogP contribution in [0.5, 0.6) is 0 Å². The van der Waals surface area contributed by atoms with Gasteiger partial charge in [-0.05, 0) is 27.9 Å². The number of rotatable bonds is 7. The Morgan fingerprint density at radius 3 is 2.70 bits per heavy atom. The molecule has 0 N–H and O–H groups in total. The van der Waals surface area contributed by atoms with Crippen LogP contribution in [0.15, 0.2) is 22.7 Å². The molecule has 0 fully saturated rings. The Morgan fingerprint density at radius 2 is 2.10 bits per heavy atom. The largest absolute Gasteiger partial charge is 0.460 e. The van der Waals surface area contributed by atoms with Crippen LogP contribution in [-0.4, -0.2) is 30.7 Å². The van der Waals surface area contributed by atoms with E-state index in [0.29, 0.717) is 19.1 Å². The van der Waals surface area contributed by atoms with E-state index in [0.717, 1.165) is 0 Å². The van der Waals surface area contributed by atoms with Crippen molar-refractivity contribution in [1.29, 1.82) is 0 Å². The first-order valence-electron chi connectivity index (χ1n) is 6.11. The SMILES string of the molecule is CC(C)COCCOC(=O)c1cccc([N+](=O)[O-])c1Br. The van der Waals surface area contributed by atoms with Crippen molar-refractivity contribution in [2.75, 3.05) is 19.8 Å². The smallest absolute Gasteiger partial charge is 0.339 e. The van der Waals surface area contributed by atoms with Crippen molar-refractivity contribution >= 4 is 27.6 Å². The van der Waals surface area contributed by atoms with E-state index < -0.39 is 10.9 Å². The molecule has 0 amide bonds. The van der Waals surface area contributed by atoms with Crippen LogP contribution in [-0.2, 0) is 9.47 Å². The van der Waals surface area contributed by atoms with Crippen molar-refractivity contribution in [2.45, 2.75) is 13.8 Å². The molecule has 0 spiro atoms.